The van der Waals surface area contributed by atoms with Gasteiger partial charge in [0.25, 0.3) is 0 Å². The fraction of sp³-hybridized carbons (Fsp3) is 0.167. The van der Waals surface area contributed by atoms with Crippen molar-refractivity contribution >= 4 is 5.97 Å². The highest BCUT2D eigenvalue weighted by Gasteiger charge is 2.18. The van der Waals surface area contributed by atoms with Crippen molar-refractivity contribution in [3.63, 3.8) is 0 Å². The maximum Gasteiger partial charge on any atom is 0.358 e. The molecular formula is C12H10FNO3. The SMILES string of the molecule is Cc1cc(F)ccc1-c1nc(C(=O)O)c(C)o1. The number of hydrogen-bond donors (Lipinski definition) is 1. The van der Waals surface area contributed by atoms with Gasteiger partial charge in [0.05, 0.1) is 0 Å². The highest BCUT2D eigenvalue weighted by atomic mass is 19.1. The van der Waals surface area contributed by atoms with Crippen molar-refractivity contribution in [3.8, 4) is 11.5 Å². The fourth-order valence-corrected chi connectivity index (χ4v) is 1.58. The number of benzene rings is 1. The Hall–Kier alpha value is -2.17. The van der Waals surface area contributed by atoms with Gasteiger partial charge in [0.1, 0.15) is 11.6 Å². The van der Waals surface area contributed by atoms with Crippen LogP contribution in [0.3, 0.4) is 0 Å². The van der Waals surface area contributed by atoms with Crippen molar-refractivity contribution in [1.82, 2.24) is 4.98 Å². The molecule has 0 atom stereocenters. The van der Waals surface area contributed by atoms with E-state index in [9.17, 15) is 9.18 Å². The lowest BCUT2D eigenvalue weighted by Gasteiger charge is -2.00. The number of rotatable bonds is 2. The number of carboxylic acid groups (broad SMARTS) is 1. The molecule has 0 aliphatic carbocycles. The second-order valence-electron chi connectivity index (χ2n) is 3.69. The Kier molecular flexibility index (Phi) is 2.67. The van der Waals surface area contributed by atoms with Crippen LogP contribution < -0.4 is 0 Å². The van der Waals surface area contributed by atoms with E-state index in [0.717, 1.165) is 0 Å². The Morgan fingerprint density at radius 3 is 2.65 bits per heavy atom. The lowest BCUT2D eigenvalue weighted by molar-refractivity contribution is 0.0689. The molecule has 1 N–H and O–H groups in total. The quantitative estimate of drug-likeness (QED) is 0.869. The van der Waals surface area contributed by atoms with E-state index in [1.54, 1.807) is 6.92 Å². The molecule has 0 amide bonds. The molecule has 0 saturated heterocycles. The molecule has 1 heterocycles. The number of carbonyl (C=O) groups is 1. The minimum Gasteiger partial charge on any atom is -0.476 e. The molecule has 0 bridgehead atoms. The van der Waals surface area contributed by atoms with Crippen LogP contribution in [0.4, 0.5) is 4.39 Å². The summed E-state index contributed by atoms with van der Waals surface area (Å²) in [6.07, 6.45) is 0. The number of aryl methyl sites for hydroxylation is 2. The third-order valence-corrected chi connectivity index (χ3v) is 2.42. The summed E-state index contributed by atoms with van der Waals surface area (Å²) < 4.78 is 18.2. The van der Waals surface area contributed by atoms with Gasteiger partial charge in [0.2, 0.25) is 5.89 Å². The van der Waals surface area contributed by atoms with Crippen molar-refractivity contribution in [2.24, 2.45) is 0 Å². The van der Waals surface area contributed by atoms with E-state index >= 15 is 0 Å². The first-order valence-corrected chi connectivity index (χ1v) is 4.96. The van der Waals surface area contributed by atoms with E-state index in [1.165, 1.54) is 25.1 Å². The molecule has 0 aliphatic heterocycles. The standard InChI is InChI=1S/C12H10FNO3/c1-6-5-8(13)3-4-9(6)11-14-10(12(15)16)7(2)17-11/h3-5H,1-2H3,(H,15,16). The van der Waals surface area contributed by atoms with Gasteiger partial charge in [-0.25, -0.2) is 14.2 Å². The van der Waals surface area contributed by atoms with Gasteiger partial charge in [-0.15, -0.1) is 0 Å². The number of nitrogens with zero attached hydrogens (tertiary/aromatic N) is 1. The number of aromatic nitrogens is 1. The minimum atomic E-state index is -1.14. The van der Waals surface area contributed by atoms with Gasteiger partial charge in [-0.3, -0.25) is 0 Å². The fourth-order valence-electron chi connectivity index (χ4n) is 1.58. The second kappa shape index (κ2) is 4.01. The summed E-state index contributed by atoms with van der Waals surface area (Å²) in [5.74, 6) is -1.07. The van der Waals surface area contributed by atoms with Crippen LogP contribution in [0.5, 0.6) is 0 Å². The number of halogens is 1. The van der Waals surface area contributed by atoms with Crippen molar-refractivity contribution in [3.05, 3.63) is 41.0 Å². The van der Waals surface area contributed by atoms with Crippen LogP contribution in [0.2, 0.25) is 0 Å². The first-order valence-electron chi connectivity index (χ1n) is 4.96. The van der Waals surface area contributed by atoms with E-state index in [1.807, 2.05) is 0 Å². The van der Waals surface area contributed by atoms with Crippen molar-refractivity contribution in [1.29, 1.82) is 0 Å². The Morgan fingerprint density at radius 1 is 1.41 bits per heavy atom. The van der Waals surface area contributed by atoms with Crippen molar-refractivity contribution in [2.75, 3.05) is 0 Å². The van der Waals surface area contributed by atoms with Crippen LogP contribution in [0, 0.1) is 19.7 Å². The Labute approximate surface area is 96.7 Å². The topological polar surface area (TPSA) is 63.3 Å². The summed E-state index contributed by atoms with van der Waals surface area (Å²) in [7, 11) is 0. The van der Waals surface area contributed by atoms with Gasteiger partial charge < -0.3 is 9.52 Å². The average Bonchev–Trinajstić information content (AvgIpc) is 2.60. The third-order valence-electron chi connectivity index (χ3n) is 2.42. The number of carboxylic acids is 1. The largest absolute Gasteiger partial charge is 0.476 e. The highest BCUT2D eigenvalue weighted by Crippen LogP contribution is 2.25. The van der Waals surface area contributed by atoms with Crippen molar-refractivity contribution < 1.29 is 18.7 Å². The van der Waals surface area contributed by atoms with Crippen LogP contribution in [0.25, 0.3) is 11.5 Å². The van der Waals surface area contributed by atoms with Crippen LogP contribution in [-0.2, 0) is 0 Å². The molecule has 1 aromatic carbocycles. The Balaban J connectivity index is 2.53. The minimum absolute atomic E-state index is 0.122. The zero-order chi connectivity index (χ0) is 12.6. The van der Waals surface area contributed by atoms with Crippen LogP contribution >= 0.6 is 0 Å². The molecule has 0 saturated carbocycles. The summed E-state index contributed by atoms with van der Waals surface area (Å²) in [6, 6.07) is 4.14. The molecule has 0 spiro atoms. The van der Waals surface area contributed by atoms with Gasteiger partial charge in [-0.1, -0.05) is 0 Å². The van der Waals surface area contributed by atoms with Gasteiger partial charge in [-0.05, 0) is 37.6 Å². The van der Waals surface area contributed by atoms with Crippen molar-refractivity contribution in [2.45, 2.75) is 13.8 Å². The van der Waals surface area contributed by atoms with Crippen LogP contribution in [-0.4, -0.2) is 16.1 Å². The summed E-state index contributed by atoms with van der Waals surface area (Å²) in [6.45, 7) is 3.23. The second-order valence-corrected chi connectivity index (χ2v) is 3.69. The summed E-state index contributed by atoms with van der Waals surface area (Å²) in [4.78, 5) is 14.7. The molecule has 2 aromatic rings. The zero-order valence-corrected chi connectivity index (χ0v) is 9.32. The number of oxazole rings is 1. The molecule has 1 aromatic heterocycles. The van der Waals surface area contributed by atoms with Gasteiger partial charge >= 0.3 is 5.97 Å². The smallest absolute Gasteiger partial charge is 0.358 e. The average molecular weight is 235 g/mol. The molecule has 88 valence electrons. The van der Waals surface area contributed by atoms with E-state index < -0.39 is 5.97 Å². The summed E-state index contributed by atoms with van der Waals surface area (Å²) in [5, 5.41) is 8.86. The molecule has 0 fully saturated rings. The number of hydrogen-bond acceptors (Lipinski definition) is 3. The summed E-state index contributed by atoms with van der Waals surface area (Å²) in [5.41, 5.74) is 1.11. The maximum atomic E-state index is 12.9. The Morgan fingerprint density at radius 2 is 2.12 bits per heavy atom. The molecule has 0 aliphatic rings. The summed E-state index contributed by atoms with van der Waals surface area (Å²) >= 11 is 0. The molecule has 4 nitrogen and oxygen atoms in total. The normalized spacial score (nSPS) is 10.5. The first-order chi connectivity index (χ1) is 7.99. The van der Waals surface area contributed by atoms with Gasteiger partial charge in [0.15, 0.2) is 5.69 Å². The lowest BCUT2D eigenvalue weighted by atomic mass is 10.1. The van der Waals surface area contributed by atoms with Crippen LogP contribution in [0.15, 0.2) is 22.6 Å². The van der Waals surface area contributed by atoms with E-state index in [-0.39, 0.29) is 23.2 Å². The molecule has 0 radical (unpaired) electrons. The molecule has 2 rings (SSSR count). The Bertz CT molecular complexity index is 589. The lowest BCUT2D eigenvalue weighted by Crippen LogP contribution is -1.98. The molecular weight excluding hydrogens is 225 g/mol. The first kappa shape index (κ1) is 11.3. The van der Waals surface area contributed by atoms with E-state index in [4.69, 9.17) is 9.52 Å². The zero-order valence-electron chi connectivity index (χ0n) is 9.32. The van der Waals surface area contributed by atoms with E-state index in [0.29, 0.717) is 11.1 Å². The molecule has 5 heteroatoms. The molecule has 17 heavy (non-hydrogen) atoms. The highest BCUT2D eigenvalue weighted by molar-refractivity contribution is 5.87. The molecule has 0 unspecified atom stereocenters. The number of aromatic carboxylic acids is 1. The van der Waals surface area contributed by atoms with Crippen LogP contribution in [0.1, 0.15) is 21.8 Å². The van der Waals surface area contributed by atoms with Gasteiger partial charge in [-0.2, -0.15) is 0 Å². The van der Waals surface area contributed by atoms with Gasteiger partial charge in [0, 0.05) is 5.56 Å². The third kappa shape index (κ3) is 2.04. The predicted octanol–water partition coefficient (Wildman–Crippen LogP) is 2.80. The van der Waals surface area contributed by atoms with E-state index in [2.05, 4.69) is 4.98 Å². The maximum absolute atomic E-state index is 12.9. The monoisotopic (exact) mass is 235 g/mol. The predicted molar refractivity (Wildman–Crippen MR) is 58.3 cm³/mol.